The molecule has 0 radical (unpaired) electrons. The topological polar surface area (TPSA) is 120 Å². The second kappa shape index (κ2) is 11.5. The highest BCUT2D eigenvalue weighted by Gasteiger charge is 2.27. The number of thiophene rings is 1. The SMILES string of the molecule is COC(=O)c1c(NC(=O)C(C)Sc2nnc(CS(=O)(=O)c3ccccc3)n2-c2ccccc2)sc(C)c1C. The molecule has 4 rings (SSSR count). The van der Waals surface area contributed by atoms with Crippen molar-refractivity contribution in [3.8, 4) is 5.69 Å². The average Bonchev–Trinajstić information content (AvgIpc) is 3.42. The van der Waals surface area contributed by atoms with Crippen LogP contribution >= 0.6 is 23.1 Å². The van der Waals surface area contributed by atoms with Gasteiger partial charge in [0.25, 0.3) is 0 Å². The second-order valence-corrected chi connectivity index (χ2v) is 12.9. The number of nitrogens with one attached hydrogen (secondary N) is 1. The number of benzene rings is 2. The molecule has 2 heterocycles. The first-order valence-corrected chi connectivity index (χ1v) is 14.9. The molecule has 38 heavy (non-hydrogen) atoms. The molecule has 4 aromatic rings. The number of hydrogen-bond acceptors (Lipinski definition) is 9. The highest BCUT2D eigenvalue weighted by Crippen LogP contribution is 2.34. The van der Waals surface area contributed by atoms with Gasteiger partial charge in [-0.2, -0.15) is 0 Å². The number of aromatic nitrogens is 3. The Hall–Kier alpha value is -3.48. The molecule has 0 fully saturated rings. The molecule has 0 bridgehead atoms. The van der Waals surface area contributed by atoms with E-state index in [4.69, 9.17) is 4.74 Å². The van der Waals surface area contributed by atoms with Gasteiger partial charge in [0.15, 0.2) is 20.8 Å². The van der Waals surface area contributed by atoms with E-state index in [2.05, 4.69) is 15.5 Å². The van der Waals surface area contributed by atoms with Crippen LogP contribution in [0.25, 0.3) is 5.69 Å². The molecule has 1 N–H and O–H groups in total. The standard InChI is InChI=1S/C26H26N4O5S3/c1-16-17(2)36-24(22(16)25(32)35-4)27-23(31)18(3)37-26-29-28-21(30(26)19-11-7-5-8-12-19)15-38(33,34)20-13-9-6-10-14-20/h5-14,18H,15H2,1-4H3,(H,27,31). The van der Waals surface area contributed by atoms with E-state index in [-0.39, 0.29) is 22.4 Å². The van der Waals surface area contributed by atoms with Crippen LogP contribution in [-0.4, -0.2) is 47.4 Å². The summed E-state index contributed by atoms with van der Waals surface area (Å²) >= 11 is 2.44. The molecule has 2 aromatic heterocycles. The lowest BCUT2D eigenvalue weighted by molar-refractivity contribution is -0.115. The fraction of sp³-hybridized carbons (Fsp3) is 0.231. The van der Waals surface area contributed by atoms with Gasteiger partial charge < -0.3 is 10.1 Å². The van der Waals surface area contributed by atoms with E-state index in [0.717, 1.165) is 22.2 Å². The lowest BCUT2D eigenvalue weighted by Gasteiger charge is -2.14. The van der Waals surface area contributed by atoms with E-state index in [1.807, 2.05) is 37.3 Å². The zero-order chi connectivity index (χ0) is 27.4. The number of rotatable bonds is 9. The van der Waals surface area contributed by atoms with Gasteiger partial charge in [0, 0.05) is 10.6 Å². The quantitative estimate of drug-likeness (QED) is 0.225. The molecule has 1 atom stereocenters. The summed E-state index contributed by atoms with van der Waals surface area (Å²) in [5, 5.41) is 11.4. The number of anilines is 1. The van der Waals surface area contributed by atoms with Gasteiger partial charge in [-0.25, -0.2) is 13.2 Å². The van der Waals surface area contributed by atoms with Crippen LogP contribution < -0.4 is 5.32 Å². The lowest BCUT2D eigenvalue weighted by atomic mass is 10.1. The van der Waals surface area contributed by atoms with E-state index in [9.17, 15) is 18.0 Å². The van der Waals surface area contributed by atoms with Crippen LogP contribution in [0.15, 0.2) is 70.7 Å². The Balaban J connectivity index is 1.62. The van der Waals surface area contributed by atoms with Gasteiger partial charge >= 0.3 is 5.97 Å². The van der Waals surface area contributed by atoms with Crippen LogP contribution in [0.2, 0.25) is 0 Å². The Morgan fingerprint density at radius 2 is 1.68 bits per heavy atom. The van der Waals surface area contributed by atoms with Crippen molar-refractivity contribution in [2.75, 3.05) is 12.4 Å². The average molecular weight is 571 g/mol. The van der Waals surface area contributed by atoms with Crippen molar-refractivity contribution < 1.29 is 22.7 Å². The number of thioether (sulfide) groups is 1. The predicted molar refractivity (Wildman–Crippen MR) is 148 cm³/mol. The monoisotopic (exact) mass is 570 g/mol. The zero-order valence-electron chi connectivity index (χ0n) is 21.2. The number of methoxy groups -OCH3 is 1. The lowest BCUT2D eigenvalue weighted by Crippen LogP contribution is -2.23. The Kier molecular flexibility index (Phi) is 8.34. The summed E-state index contributed by atoms with van der Waals surface area (Å²) in [6.45, 7) is 5.38. The summed E-state index contributed by atoms with van der Waals surface area (Å²) in [5.41, 5.74) is 1.76. The first-order valence-electron chi connectivity index (χ1n) is 11.6. The minimum absolute atomic E-state index is 0.188. The summed E-state index contributed by atoms with van der Waals surface area (Å²) in [6, 6.07) is 17.3. The largest absolute Gasteiger partial charge is 0.465 e. The molecular weight excluding hydrogens is 545 g/mol. The van der Waals surface area contributed by atoms with Gasteiger partial charge in [0.2, 0.25) is 5.91 Å². The maximum atomic E-state index is 13.1. The Morgan fingerprint density at radius 3 is 2.32 bits per heavy atom. The van der Waals surface area contributed by atoms with Crippen molar-refractivity contribution >= 4 is 49.8 Å². The van der Waals surface area contributed by atoms with E-state index in [1.54, 1.807) is 36.6 Å². The van der Waals surface area contributed by atoms with Gasteiger partial charge in [-0.15, -0.1) is 21.5 Å². The Bertz CT molecular complexity index is 1570. The first-order chi connectivity index (χ1) is 18.1. The number of ether oxygens (including phenoxy) is 1. The van der Waals surface area contributed by atoms with Crippen molar-refractivity contribution in [1.29, 1.82) is 0 Å². The Morgan fingerprint density at radius 1 is 1.05 bits per heavy atom. The van der Waals surface area contributed by atoms with Crippen LogP contribution in [0, 0.1) is 13.8 Å². The first kappa shape index (κ1) is 27.6. The molecule has 0 saturated heterocycles. The number of carbonyl (C=O) groups excluding carboxylic acids is 2. The van der Waals surface area contributed by atoms with E-state index in [0.29, 0.717) is 21.4 Å². The molecule has 0 aliphatic rings. The molecule has 12 heteroatoms. The number of nitrogens with zero attached hydrogens (tertiary/aromatic N) is 3. The third-order valence-electron chi connectivity index (χ3n) is 5.80. The molecule has 9 nitrogen and oxygen atoms in total. The number of sulfone groups is 1. The zero-order valence-corrected chi connectivity index (χ0v) is 23.6. The third-order valence-corrected chi connectivity index (χ3v) is 9.59. The molecule has 1 amide bonds. The maximum Gasteiger partial charge on any atom is 0.341 e. The van der Waals surface area contributed by atoms with Crippen molar-refractivity contribution in [2.45, 2.75) is 41.8 Å². The van der Waals surface area contributed by atoms with Crippen LogP contribution in [0.1, 0.15) is 33.5 Å². The summed E-state index contributed by atoms with van der Waals surface area (Å²) < 4.78 is 32.7. The smallest absolute Gasteiger partial charge is 0.341 e. The van der Waals surface area contributed by atoms with Gasteiger partial charge in [-0.1, -0.05) is 48.2 Å². The summed E-state index contributed by atoms with van der Waals surface area (Å²) in [6.07, 6.45) is 0. The normalized spacial score (nSPS) is 12.2. The van der Waals surface area contributed by atoms with E-state index >= 15 is 0 Å². The fourth-order valence-corrected chi connectivity index (χ4v) is 6.88. The highest BCUT2D eigenvalue weighted by atomic mass is 32.2. The highest BCUT2D eigenvalue weighted by molar-refractivity contribution is 8.00. The maximum absolute atomic E-state index is 13.1. The molecule has 0 spiro atoms. The second-order valence-electron chi connectivity index (χ2n) is 8.37. The van der Waals surface area contributed by atoms with Gasteiger partial charge in [-0.05, 0) is 50.6 Å². The van der Waals surface area contributed by atoms with Gasteiger partial charge in [-0.3, -0.25) is 9.36 Å². The van der Waals surface area contributed by atoms with Crippen LogP contribution in [0.3, 0.4) is 0 Å². The molecule has 0 aliphatic carbocycles. The minimum atomic E-state index is -3.69. The van der Waals surface area contributed by atoms with E-state index < -0.39 is 21.1 Å². The number of aryl methyl sites for hydroxylation is 1. The van der Waals surface area contributed by atoms with Crippen LogP contribution in [0.4, 0.5) is 5.00 Å². The van der Waals surface area contributed by atoms with Crippen molar-refractivity contribution in [1.82, 2.24) is 14.8 Å². The number of amides is 1. The molecule has 1 unspecified atom stereocenters. The summed E-state index contributed by atoms with van der Waals surface area (Å²) in [7, 11) is -2.39. The predicted octanol–water partition coefficient (Wildman–Crippen LogP) is 4.83. The number of carbonyl (C=O) groups is 2. The molecular formula is C26H26N4O5S3. The summed E-state index contributed by atoms with van der Waals surface area (Å²) in [4.78, 5) is 26.5. The van der Waals surface area contributed by atoms with Gasteiger partial charge in [0.05, 0.1) is 22.8 Å². The van der Waals surface area contributed by atoms with Crippen molar-refractivity contribution in [3.05, 3.63) is 82.5 Å². The van der Waals surface area contributed by atoms with Crippen LogP contribution in [-0.2, 0) is 25.1 Å². The summed E-state index contributed by atoms with van der Waals surface area (Å²) in [5.74, 6) is -0.998. The number of hydrogen-bond donors (Lipinski definition) is 1. The molecule has 0 aliphatic heterocycles. The van der Waals surface area contributed by atoms with E-state index in [1.165, 1.54) is 30.6 Å². The van der Waals surface area contributed by atoms with Gasteiger partial charge in [0.1, 0.15) is 10.8 Å². The molecule has 198 valence electrons. The fourth-order valence-electron chi connectivity index (χ4n) is 3.68. The minimum Gasteiger partial charge on any atom is -0.465 e. The van der Waals surface area contributed by atoms with Crippen LogP contribution in [0.5, 0.6) is 0 Å². The van der Waals surface area contributed by atoms with Crippen molar-refractivity contribution in [2.24, 2.45) is 0 Å². The number of esters is 1. The van der Waals surface area contributed by atoms with Crippen molar-refractivity contribution in [3.63, 3.8) is 0 Å². The third kappa shape index (κ3) is 5.82. The Labute approximate surface area is 229 Å². The molecule has 0 saturated carbocycles. The molecule has 2 aromatic carbocycles. The number of para-hydroxylation sites is 1.